The summed E-state index contributed by atoms with van der Waals surface area (Å²) in [7, 11) is 1.25. The fourth-order valence-electron chi connectivity index (χ4n) is 2.99. The van der Waals surface area contributed by atoms with E-state index in [0.29, 0.717) is 6.42 Å². The summed E-state index contributed by atoms with van der Waals surface area (Å²) >= 11 is 0. The molecule has 0 radical (unpaired) electrons. The van der Waals surface area contributed by atoms with Crippen molar-refractivity contribution in [1.29, 1.82) is 0 Å². The Kier molecular flexibility index (Phi) is 7.66. The molecule has 1 rings (SSSR count). The number of hydrogen-bond donors (Lipinski definition) is 1. The van der Waals surface area contributed by atoms with Gasteiger partial charge in [-0.15, -0.1) is 0 Å². The van der Waals surface area contributed by atoms with Crippen LogP contribution >= 0.6 is 0 Å². The van der Waals surface area contributed by atoms with Crippen LogP contribution in [0.2, 0.25) is 0 Å². The van der Waals surface area contributed by atoms with Gasteiger partial charge in [0.2, 0.25) is 5.91 Å². The summed E-state index contributed by atoms with van der Waals surface area (Å²) in [5.41, 5.74) is 4.65. The average Bonchev–Trinajstić information content (AvgIpc) is 2.52. The molecule has 0 aromatic rings. The monoisotopic (exact) mass is 342 g/mol. The van der Waals surface area contributed by atoms with Crippen LogP contribution in [0.1, 0.15) is 59.3 Å². The van der Waals surface area contributed by atoms with E-state index in [4.69, 9.17) is 15.2 Å². The topological polar surface area (TPSA) is 98.9 Å². The number of methoxy groups -OCH3 is 1. The fraction of sp³-hybridized carbons (Fsp3) is 0.824. The molecule has 2 amide bonds. The van der Waals surface area contributed by atoms with Crippen LogP contribution in [0.3, 0.4) is 0 Å². The zero-order valence-electron chi connectivity index (χ0n) is 15.2. The van der Waals surface area contributed by atoms with Crippen molar-refractivity contribution in [3.05, 3.63) is 0 Å². The quantitative estimate of drug-likeness (QED) is 0.769. The Morgan fingerprint density at radius 1 is 1.17 bits per heavy atom. The number of amides is 2. The van der Waals surface area contributed by atoms with Crippen LogP contribution in [0.5, 0.6) is 0 Å². The summed E-state index contributed by atoms with van der Waals surface area (Å²) in [4.78, 5) is 37.8. The number of carbonyl (C=O) groups excluding carboxylic acids is 3. The Morgan fingerprint density at radius 2 is 1.75 bits per heavy atom. The summed E-state index contributed by atoms with van der Waals surface area (Å²) in [6.07, 6.45) is 4.85. The number of ether oxygens (including phenoxy) is 2. The zero-order valence-corrected chi connectivity index (χ0v) is 15.2. The van der Waals surface area contributed by atoms with Crippen LogP contribution < -0.4 is 5.73 Å². The van der Waals surface area contributed by atoms with Crippen LogP contribution in [0.25, 0.3) is 0 Å². The highest BCUT2D eigenvalue weighted by molar-refractivity contribution is 5.97. The molecule has 1 atom stereocenters. The van der Waals surface area contributed by atoms with Gasteiger partial charge < -0.3 is 15.2 Å². The maximum atomic E-state index is 12.5. The van der Waals surface area contributed by atoms with Crippen LogP contribution in [0.4, 0.5) is 4.79 Å². The summed E-state index contributed by atoms with van der Waals surface area (Å²) in [6.45, 7) is 4.72. The minimum absolute atomic E-state index is 0.276. The number of nitrogens with two attached hydrogens (primary N) is 1. The van der Waals surface area contributed by atoms with E-state index in [-0.39, 0.29) is 12.5 Å². The van der Waals surface area contributed by atoms with E-state index in [1.54, 1.807) is 20.8 Å². The van der Waals surface area contributed by atoms with Gasteiger partial charge in [-0.05, 0) is 33.1 Å². The molecular formula is C17H30N2O5. The second kappa shape index (κ2) is 9.01. The van der Waals surface area contributed by atoms with Gasteiger partial charge >= 0.3 is 12.1 Å². The first kappa shape index (κ1) is 20.4. The zero-order chi connectivity index (χ0) is 18.3. The van der Waals surface area contributed by atoms with Crippen molar-refractivity contribution in [2.75, 3.05) is 13.7 Å². The molecule has 0 bridgehead atoms. The highest BCUT2D eigenvalue weighted by atomic mass is 16.6. The predicted molar refractivity (Wildman–Crippen MR) is 89.1 cm³/mol. The van der Waals surface area contributed by atoms with E-state index in [1.807, 2.05) is 0 Å². The summed E-state index contributed by atoms with van der Waals surface area (Å²) in [5.74, 6) is -0.984. The Bertz CT molecular complexity index is 452. The van der Waals surface area contributed by atoms with E-state index < -0.39 is 29.6 Å². The van der Waals surface area contributed by atoms with Crippen molar-refractivity contribution in [2.45, 2.75) is 70.9 Å². The van der Waals surface area contributed by atoms with Gasteiger partial charge in [0.15, 0.2) is 0 Å². The number of carbonyl (C=O) groups is 3. The highest BCUT2D eigenvalue weighted by Gasteiger charge is 2.39. The number of rotatable bonds is 5. The molecule has 0 heterocycles. The Hall–Kier alpha value is -1.63. The molecule has 0 spiro atoms. The lowest BCUT2D eigenvalue weighted by molar-refractivity contribution is -0.152. The van der Waals surface area contributed by atoms with E-state index in [9.17, 15) is 14.4 Å². The molecule has 0 unspecified atom stereocenters. The van der Waals surface area contributed by atoms with Crippen LogP contribution in [-0.4, -0.2) is 48.2 Å². The van der Waals surface area contributed by atoms with Crippen molar-refractivity contribution in [3.63, 3.8) is 0 Å². The standard InChI is InChI=1S/C17H30N2O5/c1-17(2,3)24-16(22)19(14(20)11-18)13(15(21)23-4)10-12-8-6-5-7-9-12/h12-13H,5-11,18H2,1-4H3/t13-/m0/s1. The maximum absolute atomic E-state index is 12.5. The lowest BCUT2D eigenvalue weighted by Gasteiger charge is -2.33. The summed E-state index contributed by atoms with van der Waals surface area (Å²) < 4.78 is 10.1. The molecule has 7 heteroatoms. The SMILES string of the molecule is COC(=O)[C@H](CC1CCCCC1)N(C(=O)CN)C(=O)OC(C)(C)C. The van der Waals surface area contributed by atoms with Gasteiger partial charge in [-0.25, -0.2) is 14.5 Å². The molecular weight excluding hydrogens is 312 g/mol. The third kappa shape index (κ3) is 6.11. The van der Waals surface area contributed by atoms with E-state index in [0.717, 1.165) is 30.6 Å². The molecule has 1 saturated carbocycles. The second-order valence-corrected chi connectivity index (χ2v) is 7.23. The molecule has 0 aliphatic heterocycles. The van der Waals surface area contributed by atoms with E-state index in [2.05, 4.69) is 0 Å². The van der Waals surface area contributed by atoms with Crippen molar-refractivity contribution < 1.29 is 23.9 Å². The van der Waals surface area contributed by atoms with Crippen LogP contribution in [0, 0.1) is 5.92 Å². The molecule has 138 valence electrons. The lowest BCUT2D eigenvalue weighted by atomic mass is 9.84. The number of imide groups is 1. The first-order chi connectivity index (χ1) is 11.2. The van der Waals surface area contributed by atoms with Crippen LogP contribution in [0.15, 0.2) is 0 Å². The third-order valence-corrected chi connectivity index (χ3v) is 4.10. The highest BCUT2D eigenvalue weighted by Crippen LogP contribution is 2.29. The molecule has 1 fully saturated rings. The Morgan fingerprint density at radius 3 is 2.21 bits per heavy atom. The predicted octanol–water partition coefficient (Wildman–Crippen LogP) is 2.22. The van der Waals surface area contributed by atoms with Gasteiger partial charge in [-0.1, -0.05) is 32.1 Å². The first-order valence-electron chi connectivity index (χ1n) is 8.52. The molecule has 1 aliphatic rings. The van der Waals surface area contributed by atoms with Gasteiger partial charge in [-0.2, -0.15) is 0 Å². The summed E-state index contributed by atoms with van der Waals surface area (Å²) in [5, 5.41) is 0. The van der Waals surface area contributed by atoms with Crippen molar-refractivity contribution in [2.24, 2.45) is 11.7 Å². The van der Waals surface area contributed by atoms with Crippen molar-refractivity contribution in [1.82, 2.24) is 4.90 Å². The molecule has 24 heavy (non-hydrogen) atoms. The minimum atomic E-state index is -0.996. The third-order valence-electron chi connectivity index (χ3n) is 4.10. The lowest BCUT2D eigenvalue weighted by Crippen LogP contribution is -2.53. The normalized spacial score (nSPS) is 17.0. The Labute approximate surface area is 143 Å². The second-order valence-electron chi connectivity index (χ2n) is 7.23. The van der Waals surface area contributed by atoms with Gasteiger partial charge in [0.05, 0.1) is 13.7 Å². The van der Waals surface area contributed by atoms with Gasteiger partial charge in [0.25, 0.3) is 0 Å². The molecule has 1 aliphatic carbocycles. The molecule has 2 N–H and O–H groups in total. The van der Waals surface area contributed by atoms with E-state index >= 15 is 0 Å². The van der Waals surface area contributed by atoms with E-state index in [1.165, 1.54) is 13.5 Å². The Balaban J connectivity index is 3.02. The number of nitrogens with zero attached hydrogens (tertiary/aromatic N) is 1. The molecule has 0 saturated heterocycles. The maximum Gasteiger partial charge on any atom is 0.417 e. The van der Waals surface area contributed by atoms with Gasteiger partial charge in [0, 0.05) is 0 Å². The molecule has 0 aromatic heterocycles. The van der Waals surface area contributed by atoms with Crippen molar-refractivity contribution in [3.8, 4) is 0 Å². The summed E-state index contributed by atoms with van der Waals surface area (Å²) in [6, 6.07) is -0.996. The number of esters is 1. The van der Waals surface area contributed by atoms with Crippen LogP contribution in [-0.2, 0) is 19.1 Å². The largest absolute Gasteiger partial charge is 0.467 e. The fourth-order valence-corrected chi connectivity index (χ4v) is 2.99. The smallest absolute Gasteiger partial charge is 0.417 e. The minimum Gasteiger partial charge on any atom is -0.467 e. The molecule has 0 aromatic carbocycles. The van der Waals surface area contributed by atoms with Gasteiger partial charge in [0.1, 0.15) is 11.6 Å². The van der Waals surface area contributed by atoms with Crippen molar-refractivity contribution >= 4 is 18.0 Å². The first-order valence-corrected chi connectivity index (χ1v) is 8.52. The molecule has 7 nitrogen and oxygen atoms in total. The average molecular weight is 342 g/mol. The number of hydrogen-bond acceptors (Lipinski definition) is 6. The van der Waals surface area contributed by atoms with Gasteiger partial charge in [-0.3, -0.25) is 4.79 Å².